The van der Waals surface area contributed by atoms with Crippen molar-refractivity contribution in [3.05, 3.63) is 0 Å². The maximum absolute atomic E-state index is 11.6. The van der Waals surface area contributed by atoms with E-state index in [1.165, 1.54) is 57.8 Å². The Balaban J connectivity index is 0. The van der Waals surface area contributed by atoms with Gasteiger partial charge >= 0.3 is 5.97 Å². The molecule has 0 radical (unpaired) electrons. The second kappa shape index (κ2) is 16.1. The lowest BCUT2D eigenvalue weighted by Crippen LogP contribution is -2.34. The van der Waals surface area contributed by atoms with Crippen molar-refractivity contribution in [1.82, 2.24) is 4.90 Å². The monoisotopic (exact) mass is 321 g/mol. The quantitative estimate of drug-likeness (QED) is 0.360. The lowest BCUT2D eigenvalue weighted by atomic mass is 10.1. The van der Waals surface area contributed by atoms with Gasteiger partial charge in [-0.1, -0.05) is 64.7 Å². The highest BCUT2D eigenvalue weighted by molar-refractivity contribution is 5.85. The summed E-state index contributed by atoms with van der Waals surface area (Å²) in [4.78, 5) is 13.5. The Morgan fingerprint density at radius 2 is 1.33 bits per heavy atom. The Hall–Kier alpha value is -0.280. The molecule has 0 rings (SSSR count). The van der Waals surface area contributed by atoms with Gasteiger partial charge in [0.05, 0.1) is 6.61 Å². The maximum atomic E-state index is 11.6. The van der Waals surface area contributed by atoms with E-state index in [4.69, 9.17) is 4.74 Å². The van der Waals surface area contributed by atoms with Gasteiger partial charge in [-0.3, -0.25) is 9.69 Å². The number of hydrogen-bond donors (Lipinski definition) is 0. The number of likely N-dealkylation sites (N-methyl/N-ethyl adjacent to an activating group) is 1. The zero-order valence-corrected chi connectivity index (χ0v) is 15.3. The average Bonchev–Trinajstić information content (AvgIpc) is 2.43. The van der Waals surface area contributed by atoms with Gasteiger partial charge in [0.15, 0.2) is 0 Å². The average molecular weight is 322 g/mol. The van der Waals surface area contributed by atoms with E-state index in [0.29, 0.717) is 6.61 Å². The first kappa shape index (κ1) is 23.0. The zero-order chi connectivity index (χ0) is 15.2. The van der Waals surface area contributed by atoms with E-state index >= 15 is 0 Å². The molecule has 0 aromatic heterocycles. The van der Waals surface area contributed by atoms with Crippen LogP contribution in [0, 0.1) is 0 Å². The molecule has 128 valence electrons. The van der Waals surface area contributed by atoms with E-state index in [9.17, 15) is 4.79 Å². The second-order valence-corrected chi connectivity index (χ2v) is 5.99. The lowest BCUT2D eigenvalue weighted by molar-refractivity contribution is -0.148. The van der Waals surface area contributed by atoms with Crippen LogP contribution in [0.5, 0.6) is 0 Å². The van der Waals surface area contributed by atoms with Crippen molar-refractivity contribution >= 4 is 18.4 Å². The Morgan fingerprint density at radius 1 is 0.905 bits per heavy atom. The van der Waals surface area contributed by atoms with Crippen LogP contribution in [0.2, 0.25) is 0 Å². The van der Waals surface area contributed by atoms with E-state index in [0.717, 1.165) is 6.42 Å². The molecule has 3 nitrogen and oxygen atoms in total. The van der Waals surface area contributed by atoms with Crippen LogP contribution < -0.4 is 0 Å². The Labute approximate surface area is 138 Å². The minimum absolute atomic E-state index is 0. The summed E-state index contributed by atoms with van der Waals surface area (Å²) < 4.78 is 5.26. The molecular formula is C17H36ClNO2. The van der Waals surface area contributed by atoms with Crippen molar-refractivity contribution in [1.29, 1.82) is 0 Å². The summed E-state index contributed by atoms with van der Waals surface area (Å²) in [5, 5.41) is 0. The molecule has 0 heterocycles. The van der Waals surface area contributed by atoms with Gasteiger partial charge in [0, 0.05) is 0 Å². The zero-order valence-electron chi connectivity index (χ0n) is 14.5. The number of halogens is 1. The molecule has 0 saturated heterocycles. The van der Waals surface area contributed by atoms with E-state index in [1.54, 1.807) is 0 Å². The molecule has 0 fully saturated rings. The van der Waals surface area contributed by atoms with Crippen LogP contribution in [0.1, 0.15) is 78.1 Å². The first-order chi connectivity index (χ1) is 9.59. The highest BCUT2D eigenvalue weighted by Crippen LogP contribution is 2.10. The molecule has 4 heteroatoms. The normalized spacial score (nSPS) is 12.0. The van der Waals surface area contributed by atoms with Crippen molar-refractivity contribution < 1.29 is 9.53 Å². The fourth-order valence-corrected chi connectivity index (χ4v) is 2.09. The molecule has 0 bridgehead atoms. The van der Waals surface area contributed by atoms with Crippen molar-refractivity contribution in [2.75, 3.05) is 20.7 Å². The topological polar surface area (TPSA) is 29.5 Å². The maximum Gasteiger partial charge on any atom is 0.323 e. The summed E-state index contributed by atoms with van der Waals surface area (Å²) in [6, 6.07) is -0.141. The molecule has 0 amide bonds. The first-order valence-corrected chi connectivity index (χ1v) is 8.42. The second-order valence-electron chi connectivity index (χ2n) is 5.99. The summed E-state index contributed by atoms with van der Waals surface area (Å²) in [5.74, 6) is -0.106. The largest absolute Gasteiger partial charge is 0.465 e. The van der Waals surface area contributed by atoms with Crippen LogP contribution in [0.3, 0.4) is 0 Å². The van der Waals surface area contributed by atoms with Crippen molar-refractivity contribution in [2.24, 2.45) is 0 Å². The summed E-state index contributed by atoms with van der Waals surface area (Å²) in [6.07, 6.45) is 13.0. The number of carbonyl (C=O) groups is 1. The van der Waals surface area contributed by atoms with Crippen LogP contribution >= 0.6 is 12.4 Å². The Morgan fingerprint density at radius 3 is 1.76 bits per heavy atom. The van der Waals surface area contributed by atoms with Gasteiger partial charge in [-0.15, -0.1) is 12.4 Å². The molecule has 0 aromatic rings. The number of carbonyl (C=O) groups excluding carboxylic acids is 1. The minimum atomic E-state index is -0.141. The lowest BCUT2D eigenvalue weighted by Gasteiger charge is -2.17. The predicted molar refractivity (Wildman–Crippen MR) is 93.2 cm³/mol. The number of ether oxygens (including phenoxy) is 1. The fourth-order valence-electron chi connectivity index (χ4n) is 2.09. The summed E-state index contributed by atoms with van der Waals surface area (Å²) in [6.45, 7) is 4.71. The molecule has 21 heavy (non-hydrogen) atoms. The highest BCUT2D eigenvalue weighted by atomic mass is 35.5. The van der Waals surface area contributed by atoms with Gasteiger partial charge < -0.3 is 4.74 Å². The highest BCUT2D eigenvalue weighted by Gasteiger charge is 2.15. The van der Waals surface area contributed by atoms with Crippen molar-refractivity contribution in [3.63, 3.8) is 0 Å². The molecular weight excluding hydrogens is 286 g/mol. The van der Waals surface area contributed by atoms with E-state index in [2.05, 4.69) is 6.92 Å². The molecule has 1 unspecified atom stereocenters. The molecule has 0 aliphatic rings. The fraction of sp³-hybridized carbons (Fsp3) is 0.941. The van der Waals surface area contributed by atoms with Crippen molar-refractivity contribution in [2.45, 2.75) is 84.1 Å². The number of nitrogens with zero attached hydrogens (tertiary/aromatic N) is 1. The smallest absolute Gasteiger partial charge is 0.323 e. The van der Waals surface area contributed by atoms with Crippen LogP contribution in [0.15, 0.2) is 0 Å². The molecule has 0 saturated carbocycles. The third kappa shape index (κ3) is 14.4. The van der Waals surface area contributed by atoms with E-state index < -0.39 is 0 Å². The summed E-state index contributed by atoms with van der Waals surface area (Å²) in [5.41, 5.74) is 0. The molecule has 0 aromatic carbocycles. The van der Waals surface area contributed by atoms with Crippen LogP contribution in [-0.4, -0.2) is 37.6 Å². The molecule has 1 atom stereocenters. The van der Waals surface area contributed by atoms with Crippen LogP contribution in [-0.2, 0) is 9.53 Å². The van der Waals surface area contributed by atoms with Crippen LogP contribution in [0.25, 0.3) is 0 Å². The van der Waals surface area contributed by atoms with Gasteiger partial charge in [0.1, 0.15) is 6.04 Å². The number of rotatable bonds is 13. The Kier molecular flexibility index (Phi) is 17.6. The standard InChI is InChI=1S/C17H35NO2.ClH/c1-5-6-7-8-9-10-11-12-13-14-15-20-17(19)16(2)18(3)4;/h16H,5-15H2,1-4H3;1H. The molecule has 0 aliphatic heterocycles. The third-order valence-electron chi connectivity index (χ3n) is 3.86. The van der Waals surface area contributed by atoms with Crippen molar-refractivity contribution in [3.8, 4) is 0 Å². The molecule has 0 spiro atoms. The van der Waals surface area contributed by atoms with Crippen LogP contribution in [0.4, 0.5) is 0 Å². The number of hydrogen-bond acceptors (Lipinski definition) is 3. The van der Waals surface area contributed by atoms with E-state index in [-0.39, 0.29) is 24.4 Å². The minimum Gasteiger partial charge on any atom is -0.465 e. The van der Waals surface area contributed by atoms with Gasteiger partial charge in [-0.25, -0.2) is 0 Å². The van der Waals surface area contributed by atoms with Gasteiger partial charge in [-0.05, 0) is 27.4 Å². The summed E-state index contributed by atoms with van der Waals surface area (Å²) in [7, 11) is 3.79. The third-order valence-corrected chi connectivity index (χ3v) is 3.86. The first-order valence-electron chi connectivity index (χ1n) is 8.42. The number of esters is 1. The van der Waals surface area contributed by atoms with Gasteiger partial charge in [0.25, 0.3) is 0 Å². The predicted octanol–water partition coefficient (Wildman–Crippen LogP) is 4.82. The number of unbranched alkanes of at least 4 members (excludes halogenated alkanes) is 9. The molecule has 0 N–H and O–H groups in total. The SMILES string of the molecule is CCCCCCCCCCCCOC(=O)C(C)N(C)C.Cl. The Bertz CT molecular complexity index is 235. The van der Waals surface area contributed by atoms with E-state index in [1.807, 2.05) is 25.9 Å². The van der Waals surface area contributed by atoms with Gasteiger partial charge in [-0.2, -0.15) is 0 Å². The van der Waals surface area contributed by atoms with Gasteiger partial charge in [0.2, 0.25) is 0 Å². The molecule has 0 aliphatic carbocycles. The summed E-state index contributed by atoms with van der Waals surface area (Å²) >= 11 is 0.